The van der Waals surface area contributed by atoms with Gasteiger partial charge in [0.2, 0.25) is 0 Å². The van der Waals surface area contributed by atoms with Crippen molar-refractivity contribution in [2.45, 2.75) is 19.8 Å². The van der Waals surface area contributed by atoms with E-state index in [0.29, 0.717) is 16.9 Å². The molecular weight excluding hydrogens is 336 g/mol. The standard InChI is InChI=1S/C18H18N4O2S/c1-11(23)12-8-15(19-10-12)17(24)20-13-4-5-14-16(9-13)25-18(21-14)22-6-2-3-7-22/h4-5,8-10,19H,2-3,6-7H2,1H3,(H,20,24). The molecule has 3 aromatic rings. The fraction of sp³-hybridized carbons (Fsp3) is 0.278. The van der Waals surface area contributed by atoms with Crippen LogP contribution in [0.5, 0.6) is 0 Å². The molecule has 1 aromatic carbocycles. The number of fused-ring (bicyclic) bond motifs is 1. The Morgan fingerprint density at radius 3 is 2.76 bits per heavy atom. The molecule has 1 aliphatic rings. The van der Waals surface area contributed by atoms with E-state index < -0.39 is 0 Å². The van der Waals surface area contributed by atoms with E-state index in [-0.39, 0.29) is 11.7 Å². The summed E-state index contributed by atoms with van der Waals surface area (Å²) in [5.74, 6) is -0.341. The number of amides is 1. The van der Waals surface area contributed by atoms with Crippen molar-refractivity contribution in [3.63, 3.8) is 0 Å². The minimum Gasteiger partial charge on any atom is -0.356 e. The maximum Gasteiger partial charge on any atom is 0.272 e. The maximum absolute atomic E-state index is 12.3. The molecule has 1 amide bonds. The summed E-state index contributed by atoms with van der Waals surface area (Å²) < 4.78 is 1.05. The Kier molecular flexibility index (Phi) is 4.01. The van der Waals surface area contributed by atoms with Crippen molar-refractivity contribution < 1.29 is 9.59 Å². The highest BCUT2D eigenvalue weighted by Crippen LogP contribution is 2.32. The highest BCUT2D eigenvalue weighted by atomic mass is 32.1. The Balaban J connectivity index is 1.54. The molecule has 0 atom stereocenters. The summed E-state index contributed by atoms with van der Waals surface area (Å²) in [5, 5.41) is 3.91. The van der Waals surface area contributed by atoms with Crippen molar-refractivity contribution in [3.05, 3.63) is 41.7 Å². The van der Waals surface area contributed by atoms with Crippen LogP contribution in [0.1, 0.15) is 40.6 Å². The molecule has 1 saturated heterocycles. The molecule has 0 aliphatic carbocycles. The van der Waals surface area contributed by atoms with E-state index in [1.54, 1.807) is 23.6 Å². The molecule has 2 aromatic heterocycles. The predicted molar refractivity (Wildman–Crippen MR) is 99.8 cm³/mol. The van der Waals surface area contributed by atoms with E-state index in [9.17, 15) is 9.59 Å². The third kappa shape index (κ3) is 3.15. The lowest BCUT2D eigenvalue weighted by molar-refractivity contribution is 0.101. The Hall–Kier alpha value is -2.67. The van der Waals surface area contributed by atoms with Crippen molar-refractivity contribution in [3.8, 4) is 0 Å². The number of carbonyl (C=O) groups excluding carboxylic acids is 2. The Labute approximate surface area is 148 Å². The number of hydrogen-bond acceptors (Lipinski definition) is 5. The largest absolute Gasteiger partial charge is 0.356 e. The zero-order valence-electron chi connectivity index (χ0n) is 13.8. The van der Waals surface area contributed by atoms with Crippen LogP contribution in [0.3, 0.4) is 0 Å². The van der Waals surface area contributed by atoms with E-state index in [1.807, 2.05) is 18.2 Å². The van der Waals surface area contributed by atoms with Gasteiger partial charge in [0.15, 0.2) is 10.9 Å². The van der Waals surface area contributed by atoms with Gasteiger partial charge in [0.05, 0.1) is 10.2 Å². The summed E-state index contributed by atoms with van der Waals surface area (Å²) >= 11 is 1.65. The molecule has 4 rings (SSSR count). The number of H-pyrrole nitrogens is 1. The first-order valence-electron chi connectivity index (χ1n) is 8.26. The van der Waals surface area contributed by atoms with Crippen molar-refractivity contribution in [2.75, 3.05) is 23.3 Å². The molecule has 6 nitrogen and oxygen atoms in total. The summed E-state index contributed by atoms with van der Waals surface area (Å²) in [7, 11) is 0. The summed E-state index contributed by atoms with van der Waals surface area (Å²) in [4.78, 5) is 33.5. The van der Waals surface area contributed by atoms with Gasteiger partial charge in [0.25, 0.3) is 5.91 Å². The SMILES string of the molecule is CC(=O)c1c[nH]c(C(=O)Nc2ccc3nc(N4CCCC4)sc3c2)c1. The van der Waals surface area contributed by atoms with Crippen molar-refractivity contribution in [1.82, 2.24) is 9.97 Å². The molecule has 25 heavy (non-hydrogen) atoms. The van der Waals surface area contributed by atoms with Gasteiger partial charge in [-0.15, -0.1) is 0 Å². The van der Waals surface area contributed by atoms with E-state index in [0.717, 1.165) is 28.4 Å². The Morgan fingerprint density at radius 2 is 2.04 bits per heavy atom. The number of carbonyl (C=O) groups is 2. The van der Waals surface area contributed by atoms with Crippen molar-refractivity contribution in [1.29, 1.82) is 0 Å². The molecule has 7 heteroatoms. The fourth-order valence-electron chi connectivity index (χ4n) is 2.96. The first-order chi connectivity index (χ1) is 12.1. The van der Waals surface area contributed by atoms with Crippen LogP contribution in [0, 0.1) is 0 Å². The van der Waals surface area contributed by atoms with Crippen LogP contribution in [-0.4, -0.2) is 34.7 Å². The van der Waals surface area contributed by atoms with Gasteiger partial charge in [0.1, 0.15) is 5.69 Å². The van der Waals surface area contributed by atoms with Crippen LogP contribution >= 0.6 is 11.3 Å². The van der Waals surface area contributed by atoms with Crippen LogP contribution in [0.25, 0.3) is 10.2 Å². The number of thiazole rings is 1. The molecule has 3 heterocycles. The van der Waals surface area contributed by atoms with E-state index in [2.05, 4.69) is 20.2 Å². The molecule has 2 N–H and O–H groups in total. The number of aromatic nitrogens is 2. The van der Waals surface area contributed by atoms with Gasteiger partial charge >= 0.3 is 0 Å². The van der Waals surface area contributed by atoms with Crippen molar-refractivity contribution in [2.24, 2.45) is 0 Å². The number of anilines is 2. The molecule has 0 saturated carbocycles. The highest BCUT2D eigenvalue weighted by molar-refractivity contribution is 7.22. The van der Waals surface area contributed by atoms with Crippen LogP contribution in [-0.2, 0) is 0 Å². The van der Waals surface area contributed by atoms with Gasteiger partial charge in [-0.05, 0) is 44.0 Å². The average Bonchev–Trinajstić information content (AvgIpc) is 3.33. The van der Waals surface area contributed by atoms with Crippen molar-refractivity contribution >= 4 is 44.1 Å². The minimum absolute atomic E-state index is 0.0733. The number of nitrogens with zero attached hydrogens (tertiary/aromatic N) is 2. The van der Waals surface area contributed by atoms with Crippen LogP contribution in [0.15, 0.2) is 30.5 Å². The zero-order valence-corrected chi connectivity index (χ0v) is 14.7. The first-order valence-corrected chi connectivity index (χ1v) is 9.08. The molecule has 0 radical (unpaired) electrons. The number of ketones is 1. The summed E-state index contributed by atoms with van der Waals surface area (Å²) in [6, 6.07) is 7.28. The number of hydrogen-bond donors (Lipinski definition) is 2. The van der Waals surface area contributed by atoms with Crippen LogP contribution in [0.4, 0.5) is 10.8 Å². The monoisotopic (exact) mass is 354 g/mol. The van der Waals surface area contributed by atoms with E-state index >= 15 is 0 Å². The predicted octanol–water partition coefficient (Wildman–Crippen LogP) is 3.68. The molecule has 0 spiro atoms. The molecule has 128 valence electrons. The van der Waals surface area contributed by atoms with Gasteiger partial charge in [0, 0.05) is 30.5 Å². The van der Waals surface area contributed by atoms with Gasteiger partial charge in [-0.1, -0.05) is 11.3 Å². The van der Waals surface area contributed by atoms with Gasteiger partial charge < -0.3 is 15.2 Å². The lowest BCUT2D eigenvalue weighted by atomic mass is 10.2. The number of Topliss-reactive ketones (excluding diaryl/α,β-unsaturated/α-hetero) is 1. The molecule has 0 bridgehead atoms. The lowest BCUT2D eigenvalue weighted by Crippen LogP contribution is -2.16. The average molecular weight is 354 g/mol. The molecule has 1 fully saturated rings. The second-order valence-electron chi connectivity index (χ2n) is 6.19. The molecule has 1 aliphatic heterocycles. The number of nitrogens with one attached hydrogen (secondary N) is 2. The fourth-order valence-corrected chi connectivity index (χ4v) is 4.02. The minimum atomic E-state index is -0.267. The maximum atomic E-state index is 12.3. The topological polar surface area (TPSA) is 78.1 Å². The number of rotatable bonds is 4. The smallest absolute Gasteiger partial charge is 0.272 e. The Bertz CT molecular complexity index is 953. The normalized spacial score (nSPS) is 14.2. The third-order valence-electron chi connectivity index (χ3n) is 4.35. The quantitative estimate of drug-likeness (QED) is 0.701. The van der Waals surface area contributed by atoms with Gasteiger partial charge in [-0.2, -0.15) is 0 Å². The number of benzene rings is 1. The second kappa shape index (κ2) is 6.33. The van der Waals surface area contributed by atoms with E-state index in [4.69, 9.17) is 0 Å². The van der Waals surface area contributed by atoms with Gasteiger partial charge in [-0.25, -0.2) is 4.98 Å². The van der Waals surface area contributed by atoms with Crippen LogP contribution in [0.2, 0.25) is 0 Å². The third-order valence-corrected chi connectivity index (χ3v) is 5.42. The molecule has 0 unspecified atom stereocenters. The summed E-state index contributed by atoms with van der Waals surface area (Å²) in [5.41, 5.74) is 2.53. The summed E-state index contributed by atoms with van der Waals surface area (Å²) in [6.07, 6.45) is 3.98. The lowest BCUT2D eigenvalue weighted by Gasteiger charge is -2.11. The zero-order chi connectivity index (χ0) is 17.4. The van der Waals surface area contributed by atoms with Gasteiger partial charge in [-0.3, -0.25) is 9.59 Å². The Morgan fingerprint density at radius 1 is 1.24 bits per heavy atom. The highest BCUT2D eigenvalue weighted by Gasteiger charge is 2.17. The first kappa shape index (κ1) is 15.8. The second-order valence-corrected chi connectivity index (χ2v) is 7.19. The molecular formula is C18H18N4O2S. The van der Waals surface area contributed by atoms with E-state index in [1.165, 1.54) is 19.8 Å². The number of aromatic amines is 1. The summed E-state index contributed by atoms with van der Waals surface area (Å²) in [6.45, 7) is 3.60. The van der Waals surface area contributed by atoms with Crippen LogP contribution < -0.4 is 10.2 Å².